The van der Waals surface area contributed by atoms with Gasteiger partial charge >= 0.3 is 130 Å². The molecule has 0 atom stereocenters. The fraction of sp³-hybridized carbons (Fsp3) is 0.364. The van der Waals surface area contributed by atoms with Gasteiger partial charge in [-0.2, -0.15) is 0 Å². The van der Waals surface area contributed by atoms with E-state index in [0.29, 0.717) is 5.23 Å². The van der Waals surface area contributed by atoms with E-state index in [1.54, 1.807) is 0 Å². The number of halogens is 2. The first-order valence-electron chi connectivity index (χ1n) is 5.29. The zero-order valence-corrected chi connectivity index (χ0v) is 14.7. The molecule has 0 fully saturated rings. The molecule has 1 N–H and O–H groups in total. The molecular weight excluding hydrogens is 398 g/mol. The number of ether oxygens (including phenoxy) is 1. The summed E-state index contributed by atoms with van der Waals surface area (Å²) in [5.74, 6) is 0.733. The van der Waals surface area contributed by atoms with Gasteiger partial charge in [0.25, 0.3) is 0 Å². The van der Waals surface area contributed by atoms with Gasteiger partial charge in [-0.3, -0.25) is 0 Å². The predicted molar refractivity (Wildman–Crippen MR) is 75.6 cm³/mol. The van der Waals surface area contributed by atoms with Crippen LogP contribution in [0.5, 0.6) is 5.75 Å². The molecule has 0 bridgehead atoms. The van der Waals surface area contributed by atoms with Crippen molar-refractivity contribution in [2.75, 3.05) is 7.05 Å². The normalized spacial score (nSPS) is 11.9. The summed E-state index contributed by atoms with van der Waals surface area (Å²) in [4.78, 5) is 0.812. The predicted octanol–water partition coefficient (Wildman–Crippen LogP) is 3.81. The summed E-state index contributed by atoms with van der Waals surface area (Å²) in [6.07, 6.45) is 0.0665. The van der Waals surface area contributed by atoms with Gasteiger partial charge in [-0.05, 0) is 0 Å². The maximum atomic E-state index is 8.92. The quantitative estimate of drug-likeness (QED) is 0.437. The standard InChI is InChI=1S/C11H15NO3S.2ClH.Ru/c1-8(2)14-11-6-5-10(7-9(11)3)16-15-12(4)13;;;/h3,5-8,13H,1-2,4H3;2*1H;/q;;;+2/p-2. The van der Waals surface area contributed by atoms with Crippen molar-refractivity contribution in [1.29, 1.82) is 0 Å². The topological polar surface area (TPSA) is 41.9 Å². The van der Waals surface area contributed by atoms with Crippen molar-refractivity contribution in [3.63, 3.8) is 0 Å². The van der Waals surface area contributed by atoms with Crippen LogP contribution in [0.25, 0.3) is 0 Å². The van der Waals surface area contributed by atoms with Crippen LogP contribution in [0, 0.1) is 0 Å². The molecule has 0 unspecified atom stereocenters. The molecule has 0 radical (unpaired) electrons. The van der Waals surface area contributed by atoms with E-state index in [0.717, 1.165) is 28.3 Å². The van der Waals surface area contributed by atoms with E-state index in [1.807, 2.05) is 36.7 Å². The zero-order chi connectivity index (χ0) is 14.4. The molecule has 0 spiro atoms. The Kier molecular flexibility index (Phi) is 7.84. The number of benzene rings is 1. The number of rotatable bonds is 6. The fourth-order valence-corrected chi connectivity index (χ4v) is 3.48. The van der Waals surface area contributed by atoms with Gasteiger partial charge in [-0.15, -0.1) is 0 Å². The van der Waals surface area contributed by atoms with E-state index >= 15 is 0 Å². The van der Waals surface area contributed by atoms with Gasteiger partial charge in [-0.1, -0.05) is 0 Å². The second-order valence-electron chi connectivity index (χ2n) is 3.80. The first-order valence-corrected chi connectivity index (χ1v) is 11.5. The second-order valence-corrected chi connectivity index (χ2v) is 10.3. The van der Waals surface area contributed by atoms with Crippen molar-refractivity contribution in [2.45, 2.75) is 24.8 Å². The van der Waals surface area contributed by atoms with Crippen LogP contribution in [0.1, 0.15) is 19.4 Å². The van der Waals surface area contributed by atoms with Crippen LogP contribution in [-0.2, 0) is 17.8 Å². The molecule has 0 aliphatic rings. The number of hydrogen-bond donors (Lipinski definition) is 1. The Bertz CT molecular complexity index is 454. The molecule has 1 aromatic carbocycles. The Balaban J connectivity index is 2.97. The SMILES string of the molecule is CC(C)Oc1ccc(SON(C)O)cc1[CH]=[Ru]([Cl])[Cl]. The molecule has 8 heteroatoms. The van der Waals surface area contributed by atoms with Crippen LogP contribution in [0.2, 0.25) is 0 Å². The van der Waals surface area contributed by atoms with Crippen molar-refractivity contribution >= 4 is 36.0 Å². The second kappa shape index (κ2) is 8.57. The fourth-order valence-electron chi connectivity index (χ4n) is 1.20. The van der Waals surface area contributed by atoms with E-state index in [9.17, 15) is 0 Å². The molecule has 0 heterocycles. The van der Waals surface area contributed by atoms with Gasteiger partial charge in [0.2, 0.25) is 0 Å². The van der Waals surface area contributed by atoms with Crippen molar-refractivity contribution in [3.05, 3.63) is 23.8 Å². The molecule has 19 heavy (non-hydrogen) atoms. The third-order valence-corrected chi connectivity index (χ3v) is 4.34. The Morgan fingerprint density at radius 3 is 2.63 bits per heavy atom. The molecule has 110 valence electrons. The summed E-state index contributed by atoms with van der Waals surface area (Å²) in [5, 5.41) is 9.56. The molecule has 0 saturated heterocycles. The van der Waals surface area contributed by atoms with Gasteiger partial charge < -0.3 is 0 Å². The first-order chi connectivity index (χ1) is 8.88. The van der Waals surface area contributed by atoms with Crippen molar-refractivity contribution in [2.24, 2.45) is 0 Å². The average molecular weight is 413 g/mol. The Morgan fingerprint density at radius 1 is 1.42 bits per heavy atom. The van der Waals surface area contributed by atoms with Gasteiger partial charge in [0, 0.05) is 0 Å². The Hall–Kier alpha value is 0.323. The summed E-state index contributed by atoms with van der Waals surface area (Å²) in [5.41, 5.74) is 0.840. The third kappa shape index (κ3) is 7.05. The summed E-state index contributed by atoms with van der Waals surface area (Å²) in [7, 11) is 13.2. The van der Waals surface area contributed by atoms with E-state index in [-0.39, 0.29) is 6.10 Å². The van der Waals surface area contributed by atoms with Crippen molar-refractivity contribution in [3.8, 4) is 5.75 Å². The third-order valence-electron chi connectivity index (χ3n) is 1.77. The van der Waals surface area contributed by atoms with Gasteiger partial charge in [0.1, 0.15) is 0 Å². The molecule has 1 rings (SSSR count). The minimum atomic E-state index is -1.94. The summed E-state index contributed by atoms with van der Waals surface area (Å²) < 4.78 is 12.4. The van der Waals surface area contributed by atoms with Crippen LogP contribution in [-0.4, -0.2) is 28.2 Å². The molecule has 0 aliphatic heterocycles. The van der Waals surface area contributed by atoms with Crippen molar-refractivity contribution < 1.29 is 27.7 Å². The molecule has 0 amide bonds. The number of hydroxylamine groups is 2. The Labute approximate surface area is 130 Å². The molecular formula is C11H15Cl2NO3RuS. The monoisotopic (exact) mass is 413 g/mol. The van der Waals surface area contributed by atoms with Crippen LogP contribution in [0.3, 0.4) is 0 Å². The van der Waals surface area contributed by atoms with Gasteiger partial charge in [0.15, 0.2) is 0 Å². The van der Waals surface area contributed by atoms with Crippen LogP contribution >= 0.6 is 31.4 Å². The molecule has 0 saturated carbocycles. The first kappa shape index (κ1) is 17.4. The van der Waals surface area contributed by atoms with Crippen LogP contribution in [0.4, 0.5) is 0 Å². The molecule has 0 aliphatic carbocycles. The maximum absolute atomic E-state index is 8.92. The van der Waals surface area contributed by atoms with E-state index < -0.39 is 13.5 Å². The van der Waals surface area contributed by atoms with Crippen molar-refractivity contribution in [1.82, 2.24) is 5.23 Å². The molecule has 1 aromatic rings. The minimum absolute atomic E-state index is 0.0665. The average Bonchev–Trinajstić information content (AvgIpc) is 2.28. The van der Waals surface area contributed by atoms with E-state index in [1.165, 1.54) is 7.05 Å². The number of nitrogens with zero attached hydrogens (tertiary/aromatic N) is 1. The van der Waals surface area contributed by atoms with Crippen LogP contribution < -0.4 is 4.74 Å². The zero-order valence-electron chi connectivity index (χ0n) is 10.6. The molecule has 4 nitrogen and oxygen atoms in total. The summed E-state index contributed by atoms with van der Waals surface area (Å²) in [6, 6.07) is 5.53. The number of hydrogen-bond acceptors (Lipinski definition) is 5. The van der Waals surface area contributed by atoms with Gasteiger partial charge in [-0.25, -0.2) is 0 Å². The van der Waals surface area contributed by atoms with E-state index in [4.69, 9.17) is 33.6 Å². The molecule has 0 aromatic heterocycles. The Morgan fingerprint density at radius 2 is 2.11 bits per heavy atom. The summed E-state index contributed by atoms with van der Waals surface area (Å²) >= 11 is -0.915. The van der Waals surface area contributed by atoms with E-state index in [2.05, 4.69) is 0 Å². The summed E-state index contributed by atoms with van der Waals surface area (Å²) in [6.45, 7) is 3.90. The van der Waals surface area contributed by atoms with Gasteiger partial charge in [0.05, 0.1) is 0 Å². The van der Waals surface area contributed by atoms with Crippen LogP contribution in [0.15, 0.2) is 23.1 Å².